The van der Waals surface area contributed by atoms with Crippen molar-refractivity contribution in [3.8, 4) is 0 Å². The van der Waals surface area contributed by atoms with Crippen molar-refractivity contribution >= 4 is 39.3 Å². The second kappa shape index (κ2) is 10.9. The van der Waals surface area contributed by atoms with E-state index < -0.39 is 22.0 Å². The van der Waals surface area contributed by atoms with Gasteiger partial charge >= 0.3 is 5.97 Å². The zero-order chi connectivity index (χ0) is 27.6. The number of benzene rings is 2. The van der Waals surface area contributed by atoms with Crippen molar-refractivity contribution in [2.75, 3.05) is 31.2 Å². The number of likely N-dealkylation sites (tertiary alicyclic amines) is 1. The number of hydrogen-bond donors (Lipinski definition) is 4. The topological polar surface area (TPSA) is 174 Å². The molecule has 11 nitrogen and oxygen atoms in total. The minimum atomic E-state index is -3.27. The van der Waals surface area contributed by atoms with Crippen molar-refractivity contribution in [2.24, 2.45) is 17.6 Å². The van der Waals surface area contributed by atoms with Gasteiger partial charge in [0.1, 0.15) is 11.9 Å². The molecule has 2 amide bonds. The molecule has 0 radical (unpaired) electrons. The second-order valence-corrected chi connectivity index (χ2v) is 11.8. The van der Waals surface area contributed by atoms with Gasteiger partial charge in [-0.15, -0.1) is 0 Å². The fraction of sp³-hybridized carbons (Fsp3) is 0.385. The zero-order valence-corrected chi connectivity index (χ0v) is 21.8. The average molecular weight is 542 g/mol. The maximum Gasteiger partial charge on any atom is 0.335 e. The Balaban J connectivity index is 1.54. The van der Waals surface area contributed by atoms with E-state index in [2.05, 4.69) is 5.32 Å². The lowest BCUT2D eigenvalue weighted by atomic mass is 9.83. The van der Waals surface area contributed by atoms with Gasteiger partial charge in [-0.25, -0.2) is 17.5 Å². The van der Waals surface area contributed by atoms with Crippen LogP contribution >= 0.6 is 0 Å². The van der Waals surface area contributed by atoms with E-state index in [0.29, 0.717) is 55.7 Å². The summed E-state index contributed by atoms with van der Waals surface area (Å²) in [5.74, 6) is -1.71. The molecule has 0 aromatic heterocycles. The first-order valence-electron chi connectivity index (χ1n) is 12.3. The van der Waals surface area contributed by atoms with Gasteiger partial charge in [-0.05, 0) is 67.5 Å². The first kappa shape index (κ1) is 27.3. The zero-order valence-electron chi connectivity index (χ0n) is 21.0. The van der Waals surface area contributed by atoms with Crippen molar-refractivity contribution < 1.29 is 27.9 Å². The van der Waals surface area contributed by atoms with Crippen LogP contribution in [0.1, 0.15) is 45.5 Å². The first-order chi connectivity index (χ1) is 17.9. The van der Waals surface area contributed by atoms with E-state index in [9.17, 15) is 22.8 Å². The molecule has 2 heterocycles. The van der Waals surface area contributed by atoms with Crippen molar-refractivity contribution in [1.29, 1.82) is 5.41 Å². The standard InChI is InChI=1S/C26H31N5O6S/c1-38(36,37)30-12-10-16(11-13-30)20-14-22(24(32)29-21-8-6-19(7-9-21)26(34)35)31(15-20)25(33)18-4-2-17(3-5-18)23(27)28/h2-9,16,20,22H,10-15H2,1H3,(H3,27,28)(H,29,32)(H,34,35). The first-order valence-corrected chi connectivity index (χ1v) is 14.1. The highest BCUT2D eigenvalue weighted by molar-refractivity contribution is 7.88. The highest BCUT2D eigenvalue weighted by atomic mass is 32.2. The number of carboxylic acid groups (broad SMARTS) is 1. The molecule has 2 fully saturated rings. The van der Waals surface area contributed by atoms with Crippen molar-refractivity contribution in [3.05, 3.63) is 65.2 Å². The number of piperidine rings is 1. The SMILES string of the molecule is CS(=O)(=O)N1CCC(C2CC(C(=O)Nc3ccc(C(=O)O)cc3)N(C(=O)c3ccc(C(=N)N)cc3)C2)CC1. The predicted octanol–water partition coefficient (Wildman–Crippen LogP) is 1.81. The van der Waals surface area contributed by atoms with Crippen LogP contribution in [0.15, 0.2) is 48.5 Å². The quantitative estimate of drug-likeness (QED) is 0.305. The number of nitrogens with two attached hydrogens (primary N) is 1. The van der Waals surface area contributed by atoms with Gasteiger partial charge in [0.2, 0.25) is 15.9 Å². The van der Waals surface area contributed by atoms with E-state index in [1.54, 1.807) is 29.2 Å². The number of nitrogens with zero attached hydrogens (tertiary/aromatic N) is 2. The van der Waals surface area contributed by atoms with Crippen LogP contribution < -0.4 is 11.1 Å². The van der Waals surface area contributed by atoms with Gasteiger partial charge in [0, 0.05) is 36.4 Å². The van der Waals surface area contributed by atoms with E-state index in [0.717, 1.165) is 0 Å². The van der Waals surface area contributed by atoms with Crippen LogP contribution in [0.5, 0.6) is 0 Å². The summed E-state index contributed by atoms with van der Waals surface area (Å²) in [6, 6.07) is 11.4. The van der Waals surface area contributed by atoms with Gasteiger partial charge in [0.15, 0.2) is 0 Å². The molecule has 0 saturated carbocycles. The Morgan fingerprint density at radius 2 is 1.50 bits per heavy atom. The third-order valence-electron chi connectivity index (χ3n) is 7.37. The number of amidine groups is 1. The normalized spacial score (nSPS) is 20.7. The molecule has 202 valence electrons. The Hall–Kier alpha value is -3.77. The lowest BCUT2D eigenvalue weighted by Crippen LogP contribution is -2.43. The largest absolute Gasteiger partial charge is 0.478 e. The number of hydrogen-bond acceptors (Lipinski definition) is 6. The molecule has 2 atom stereocenters. The Labute approximate surface area is 221 Å². The number of sulfonamides is 1. The third kappa shape index (κ3) is 6.03. The molecule has 0 spiro atoms. The van der Waals surface area contributed by atoms with Crippen LogP contribution in [0.25, 0.3) is 0 Å². The molecule has 12 heteroatoms. The van der Waals surface area contributed by atoms with E-state index in [1.807, 2.05) is 0 Å². The Morgan fingerprint density at radius 1 is 0.947 bits per heavy atom. The summed E-state index contributed by atoms with van der Waals surface area (Å²) >= 11 is 0. The van der Waals surface area contributed by atoms with E-state index in [1.165, 1.54) is 34.8 Å². The van der Waals surface area contributed by atoms with Gasteiger partial charge in [-0.1, -0.05) is 12.1 Å². The minimum absolute atomic E-state index is 0.0160. The van der Waals surface area contributed by atoms with Crippen LogP contribution in [-0.2, 0) is 14.8 Å². The monoisotopic (exact) mass is 541 g/mol. The number of rotatable bonds is 7. The average Bonchev–Trinajstić information content (AvgIpc) is 3.34. The molecular formula is C26H31N5O6S. The lowest BCUT2D eigenvalue weighted by Gasteiger charge is -2.33. The molecule has 5 N–H and O–H groups in total. The Morgan fingerprint density at radius 3 is 2.03 bits per heavy atom. The molecule has 2 aromatic rings. The molecule has 2 saturated heterocycles. The van der Waals surface area contributed by atoms with Gasteiger partial charge in [0.25, 0.3) is 5.91 Å². The number of nitrogen functional groups attached to an aromatic ring is 1. The molecule has 0 bridgehead atoms. The maximum absolute atomic E-state index is 13.5. The molecule has 38 heavy (non-hydrogen) atoms. The van der Waals surface area contributed by atoms with Crippen LogP contribution in [-0.4, -0.2) is 78.3 Å². The summed E-state index contributed by atoms with van der Waals surface area (Å²) in [7, 11) is -3.27. The second-order valence-electron chi connectivity index (χ2n) is 9.83. The molecule has 2 unspecified atom stereocenters. The van der Waals surface area contributed by atoms with Crippen molar-refractivity contribution in [2.45, 2.75) is 25.3 Å². The number of nitrogens with one attached hydrogen (secondary N) is 2. The van der Waals surface area contributed by atoms with E-state index in [-0.39, 0.29) is 35.0 Å². The minimum Gasteiger partial charge on any atom is -0.478 e. The van der Waals surface area contributed by atoms with Crippen molar-refractivity contribution in [3.63, 3.8) is 0 Å². The summed E-state index contributed by atoms with van der Waals surface area (Å²) in [4.78, 5) is 39.6. The fourth-order valence-corrected chi connectivity index (χ4v) is 6.12. The molecule has 2 aliphatic rings. The van der Waals surface area contributed by atoms with Crippen LogP contribution in [0, 0.1) is 17.2 Å². The van der Waals surface area contributed by atoms with Crippen molar-refractivity contribution in [1.82, 2.24) is 9.21 Å². The maximum atomic E-state index is 13.5. The lowest BCUT2D eigenvalue weighted by molar-refractivity contribution is -0.119. The molecule has 0 aliphatic carbocycles. The predicted molar refractivity (Wildman–Crippen MR) is 142 cm³/mol. The van der Waals surface area contributed by atoms with Gasteiger partial charge in [0.05, 0.1) is 11.8 Å². The Bertz CT molecular complexity index is 1340. The smallest absolute Gasteiger partial charge is 0.335 e. The van der Waals surface area contributed by atoms with Crippen LogP contribution in [0.3, 0.4) is 0 Å². The Kier molecular flexibility index (Phi) is 7.83. The van der Waals surface area contributed by atoms with Crippen LogP contribution in [0.4, 0.5) is 5.69 Å². The number of amides is 2. The summed E-state index contributed by atoms with van der Waals surface area (Å²) in [6.07, 6.45) is 2.93. The molecule has 4 rings (SSSR count). The summed E-state index contributed by atoms with van der Waals surface area (Å²) in [6.45, 7) is 1.17. The van der Waals surface area contributed by atoms with Gasteiger partial charge < -0.3 is 21.1 Å². The molecule has 2 aliphatic heterocycles. The van der Waals surface area contributed by atoms with E-state index >= 15 is 0 Å². The number of carbonyl (C=O) groups is 3. The number of carbonyl (C=O) groups excluding carboxylic acids is 2. The summed E-state index contributed by atoms with van der Waals surface area (Å²) < 4.78 is 25.3. The number of aromatic carboxylic acids is 1. The molecule has 2 aromatic carbocycles. The number of anilines is 1. The van der Waals surface area contributed by atoms with Crippen LogP contribution in [0.2, 0.25) is 0 Å². The van der Waals surface area contributed by atoms with E-state index in [4.69, 9.17) is 16.2 Å². The number of carboxylic acids is 1. The molecular weight excluding hydrogens is 510 g/mol. The van der Waals surface area contributed by atoms with Gasteiger partial charge in [-0.3, -0.25) is 15.0 Å². The highest BCUT2D eigenvalue weighted by Gasteiger charge is 2.43. The highest BCUT2D eigenvalue weighted by Crippen LogP contribution is 2.36. The fourth-order valence-electron chi connectivity index (χ4n) is 5.24. The van der Waals surface area contributed by atoms with Gasteiger partial charge in [-0.2, -0.15) is 0 Å². The summed E-state index contributed by atoms with van der Waals surface area (Å²) in [5, 5.41) is 19.5. The third-order valence-corrected chi connectivity index (χ3v) is 8.68. The summed E-state index contributed by atoms with van der Waals surface area (Å²) in [5.41, 5.74) is 6.88.